The van der Waals surface area contributed by atoms with E-state index in [0.717, 1.165) is 4.90 Å². The number of imide groups is 1. The van der Waals surface area contributed by atoms with E-state index in [9.17, 15) is 14.4 Å². The van der Waals surface area contributed by atoms with Crippen LogP contribution in [0.3, 0.4) is 0 Å². The van der Waals surface area contributed by atoms with Crippen molar-refractivity contribution in [1.82, 2.24) is 4.90 Å². The molecule has 0 aromatic carbocycles. The maximum absolute atomic E-state index is 11.9. The van der Waals surface area contributed by atoms with E-state index in [1.165, 1.54) is 0 Å². The van der Waals surface area contributed by atoms with Crippen LogP contribution < -0.4 is 0 Å². The summed E-state index contributed by atoms with van der Waals surface area (Å²) in [5.41, 5.74) is -0.643. The Morgan fingerprint density at radius 2 is 2.00 bits per heavy atom. The van der Waals surface area contributed by atoms with Crippen molar-refractivity contribution in [3.8, 4) is 0 Å². The Kier molecular flexibility index (Phi) is 4.91. The molecule has 108 valence electrons. The SMILES string of the molecule is CCOC(=O)[C@H]1CCN(C(=O)OC(C)(C)C)C(=O)C1. The summed E-state index contributed by atoms with van der Waals surface area (Å²) in [6.07, 6.45) is -0.234. The molecule has 0 bridgehead atoms. The minimum atomic E-state index is -0.653. The maximum Gasteiger partial charge on any atom is 0.417 e. The fraction of sp³-hybridized carbons (Fsp3) is 0.769. The van der Waals surface area contributed by atoms with Gasteiger partial charge in [-0.2, -0.15) is 0 Å². The minimum absolute atomic E-state index is 0.00191. The quantitative estimate of drug-likeness (QED) is 0.715. The molecule has 1 aliphatic heterocycles. The Morgan fingerprint density at radius 1 is 1.37 bits per heavy atom. The zero-order valence-electron chi connectivity index (χ0n) is 11.9. The number of hydrogen-bond acceptors (Lipinski definition) is 5. The highest BCUT2D eigenvalue weighted by Crippen LogP contribution is 2.21. The standard InChI is InChI=1S/C13H21NO5/c1-5-18-11(16)9-6-7-14(10(15)8-9)12(17)19-13(2,3)4/h9H,5-8H2,1-4H3/t9-/m0/s1. The highest BCUT2D eigenvalue weighted by Gasteiger charge is 2.36. The molecular weight excluding hydrogens is 250 g/mol. The summed E-state index contributed by atoms with van der Waals surface area (Å²) in [6.45, 7) is 7.41. The van der Waals surface area contributed by atoms with Gasteiger partial charge in [0.05, 0.1) is 12.5 Å². The van der Waals surface area contributed by atoms with E-state index in [2.05, 4.69) is 0 Å². The molecule has 1 fully saturated rings. The molecule has 0 aromatic rings. The predicted octanol–water partition coefficient (Wildman–Crippen LogP) is 1.72. The first-order valence-electron chi connectivity index (χ1n) is 6.44. The number of carbonyl (C=O) groups is 3. The van der Waals surface area contributed by atoms with Gasteiger partial charge in [0, 0.05) is 13.0 Å². The lowest BCUT2D eigenvalue weighted by Crippen LogP contribution is -2.46. The highest BCUT2D eigenvalue weighted by molar-refractivity contribution is 5.94. The average molecular weight is 271 g/mol. The largest absolute Gasteiger partial charge is 0.466 e. The lowest BCUT2D eigenvalue weighted by Gasteiger charge is -2.31. The van der Waals surface area contributed by atoms with Gasteiger partial charge in [0.2, 0.25) is 5.91 Å². The van der Waals surface area contributed by atoms with E-state index in [1.54, 1.807) is 27.7 Å². The molecular formula is C13H21NO5. The van der Waals surface area contributed by atoms with E-state index in [1.807, 2.05) is 0 Å². The van der Waals surface area contributed by atoms with Gasteiger partial charge in [0.15, 0.2) is 0 Å². The van der Waals surface area contributed by atoms with Crippen LogP contribution in [0.15, 0.2) is 0 Å². The number of rotatable bonds is 2. The molecule has 0 radical (unpaired) electrons. The van der Waals surface area contributed by atoms with Gasteiger partial charge < -0.3 is 9.47 Å². The third-order valence-corrected chi connectivity index (χ3v) is 2.66. The van der Waals surface area contributed by atoms with Gasteiger partial charge in [-0.25, -0.2) is 9.69 Å². The molecule has 0 saturated carbocycles. The topological polar surface area (TPSA) is 72.9 Å². The molecule has 0 N–H and O–H groups in total. The van der Waals surface area contributed by atoms with Crippen molar-refractivity contribution in [2.24, 2.45) is 5.92 Å². The summed E-state index contributed by atoms with van der Waals surface area (Å²) >= 11 is 0. The van der Waals surface area contributed by atoms with Crippen LogP contribution >= 0.6 is 0 Å². The molecule has 1 aliphatic rings. The number of amides is 2. The van der Waals surface area contributed by atoms with Gasteiger partial charge in [-0.05, 0) is 34.1 Å². The van der Waals surface area contributed by atoms with Crippen molar-refractivity contribution in [3.63, 3.8) is 0 Å². The van der Waals surface area contributed by atoms with Crippen LogP contribution in [0.2, 0.25) is 0 Å². The van der Waals surface area contributed by atoms with Crippen LogP contribution in [0.5, 0.6) is 0 Å². The van der Waals surface area contributed by atoms with Crippen molar-refractivity contribution in [3.05, 3.63) is 0 Å². The molecule has 1 saturated heterocycles. The Bertz CT molecular complexity index is 372. The van der Waals surface area contributed by atoms with Crippen molar-refractivity contribution in [2.45, 2.75) is 46.1 Å². The third kappa shape index (κ3) is 4.54. The Balaban J connectivity index is 2.57. The number of nitrogens with zero attached hydrogens (tertiary/aromatic N) is 1. The van der Waals surface area contributed by atoms with Crippen molar-refractivity contribution >= 4 is 18.0 Å². The molecule has 1 heterocycles. The van der Waals surface area contributed by atoms with E-state index in [-0.39, 0.29) is 18.9 Å². The number of carbonyl (C=O) groups excluding carboxylic acids is 3. The van der Waals surface area contributed by atoms with Crippen molar-refractivity contribution in [1.29, 1.82) is 0 Å². The second-order valence-electron chi connectivity index (χ2n) is 5.47. The fourth-order valence-electron chi connectivity index (χ4n) is 1.80. The predicted molar refractivity (Wildman–Crippen MR) is 67.3 cm³/mol. The summed E-state index contributed by atoms with van der Waals surface area (Å²) in [4.78, 5) is 36.2. The number of piperidine rings is 1. The molecule has 0 aliphatic carbocycles. The second-order valence-corrected chi connectivity index (χ2v) is 5.47. The summed E-state index contributed by atoms with van der Waals surface area (Å²) in [7, 11) is 0. The molecule has 19 heavy (non-hydrogen) atoms. The fourth-order valence-corrected chi connectivity index (χ4v) is 1.80. The molecule has 1 atom stereocenters. The first-order chi connectivity index (χ1) is 8.74. The normalized spacial score (nSPS) is 20.1. The van der Waals surface area contributed by atoms with Crippen LogP contribution in [-0.4, -0.2) is 41.6 Å². The van der Waals surface area contributed by atoms with Crippen molar-refractivity contribution in [2.75, 3.05) is 13.2 Å². The molecule has 6 nitrogen and oxygen atoms in total. The average Bonchev–Trinajstić information content (AvgIpc) is 2.26. The first kappa shape index (κ1) is 15.5. The van der Waals surface area contributed by atoms with E-state index in [4.69, 9.17) is 9.47 Å². The van der Waals surface area contributed by atoms with E-state index < -0.39 is 23.5 Å². The summed E-state index contributed by atoms with van der Waals surface area (Å²) < 4.78 is 10.0. The van der Waals surface area contributed by atoms with Gasteiger partial charge in [0.1, 0.15) is 5.60 Å². The van der Waals surface area contributed by atoms with Crippen LogP contribution in [0.25, 0.3) is 0 Å². The number of hydrogen-bond donors (Lipinski definition) is 0. The Morgan fingerprint density at radius 3 is 2.47 bits per heavy atom. The summed E-state index contributed by atoms with van der Waals surface area (Å²) in [5.74, 6) is -1.22. The van der Waals surface area contributed by atoms with Crippen molar-refractivity contribution < 1.29 is 23.9 Å². The lowest BCUT2D eigenvalue weighted by atomic mass is 9.96. The summed E-state index contributed by atoms with van der Waals surface area (Å²) in [6, 6.07) is 0. The first-order valence-corrected chi connectivity index (χ1v) is 6.44. The van der Waals surface area contributed by atoms with Crippen LogP contribution in [0.1, 0.15) is 40.5 Å². The van der Waals surface area contributed by atoms with Crippen LogP contribution in [0.4, 0.5) is 4.79 Å². The Hall–Kier alpha value is -1.59. The molecule has 1 rings (SSSR count). The monoisotopic (exact) mass is 271 g/mol. The van der Waals surface area contributed by atoms with Gasteiger partial charge >= 0.3 is 12.1 Å². The van der Waals surface area contributed by atoms with E-state index in [0.29, 0.717) is 13.0 Å². The van der Waals surface area contributed by atoms with E-state index >= 15 is 0 Å². The Labute approximate surface area is 113 Å². The highest BCUT2D eigenvalue weighted by atomic mass is 16.6. The van der Waals surface area contributed by atoms with Gasteiger partial charge in [-0.15, -0.1) is 0 Å². The zero-order valence-corrected chi connectivity index (χ0v) is 11.9. The van der Waals surface area contributed by atoms with Crippen LogP contribution in [0, 0.1) is 5.92 Å². The molecule has 0 aromatic heterocycles. The zero-order chi connectivity index (χ0) is 14.6. The van der Waals surface area contributed by atoms with Crippen LogP contribution in [-0.2, 0) is 19.1 Å². The third-order valence-electron chi connectivity index (χ3n) is 2.66. The summed E-state index contributed by atoms with van der Waals surface area (Å²) in [5, 5.41) is 0. The second kappa shape index (κ2) is 6.04. The molecule has 0 spiro atoms. The molecule has 6 heteroatoms. The molecule has 0 unspecified atom stereocenters. The number of esters is 1. The smallest absolute Gasteiger partial charge is 0.417 e. The van der Waals surface area contributed by atoms with Gasteiger partial charge in [-0.1, -0.05) is 0 Å². The van der Waals surface area contributed by atoms with Gasteiger partial charge in [0.25, 0.3) is 0 Å². The van der Waals surface area contributed by atoms with Gasteiger partial charge in [-0.3, -0.25) is 9.59 Å². The maximum atomic E-state index is 11.9. The lowest BCUT2D eigenvalue weighted by molar-refractivity contribution is -0.153. The molecule has 2 amide bonds. The minimum Gasteiger partial charge on any atom is -0.466 e. The number of ether oxygens (including phenoxy) is 2. The number of likely N-dealkylation sites (tertiary alicyclic amines) is 1.